The van der Waals surface area contributed by atoms with E-state index in [1.807, 2.05) is 11.0 Å². The Morgan fingerprint density at radius 2 is 2.08 bits per heavy atom. The maximum absolute atomic E-state index is 17.2. The second-order valence-electron chi connectivity index (χ2n) is 13.5. The molecule has 4 atom stereocenters. The van der Waals surface area contributed by atoms with Crippen LogP contribution in [0.3, 0.4) is 0 Å². The van der Waals surface area contributed by atoms with Crippen molar-refractivity contribution in [2.75, 3.05) is 43.5 Å². The third-order valence-electron chi connectivity index (χ3n) is 10.6. The number of halogens is 6. The standard InChI is InChI=1S/C34H31ClF5N7O3S/c35-24-22(18-4-5-20(37)28-21(18)19(12-41)30(42)51-28)25(38)26-23-27(24)49-9-8-47(17-3-2-16(10-17)43-32(48)29(39)40)31(23)45-33(44-26)50-14-34-6-1-7-46(34)13-15(36)11-34/h4-5,15-17,29H,1-3,6-11,13-14,42H2,(H,43,48)/t15-,16?,17?,34?/m1/s1. The molecule has 0 spiro atoms. The van der Waals surface area contributed by atoms with Crippen molar-refractivity contribution in [2.24, 2.45) is 0 Å². The van der Waals surface area contributed by atoms with Crippen molar-refractivity contribution in [3.63, 3.8) is 0 Å². The molecule has 5 heterocycles. The van der Waals surface area contributed by atoms with E-state index in [4.69, 9.17) is 31.8 Å². The summed E-state index contributed by atoms with van der Waals surface area (Å²) in [5.74, 6) is -2.60. The summed E-state index contributed by atoms with van der Waals surface area (Å²) in [6.07, 6.45) is -1.05. The van der Waals surface area contributed by atoms with Crippen LogP contribution in [0.25, 0.3) is 32.1 Å². The molecule has 2 aromatic carbocycles. The van der Waals surface area contributed by atoms with E-state index in [1.165, 1.54) is 6.07 Å². The lowest BCUT2D eigenvalue weighted by Crippen LogP contribution is -2.43. The summed E-state index contributed by atoms with van der Waals surface area (Å²) in [4.78, 5) is 25.0. The van der Waals surface area contributed by atoms with Gasteiger partial charge in [0, 0.05) is 36.0 Å². The topological polar surface area (TPSA) is 130 Å². The molecule has 51 heavy (non-hydrogen) atoms. The van der Waals surface area contributed by atoms with Gasteiger partial charge in [0.25, 0.3) is 5.91 Å². The number of hydrogen-bond donors (Lipinski definition) is 2. The molecular weight excluding hydrogens is 717 g/mol. The number of nitrogens with two attached hydrogens (primary N) is 1. The largest absolute Gasteiger partial charge is 0.489 e. The first-order chi connectivity index (χ1) is 24.5. The first-order valence-electron chi connectivity index (χ1n) is 16.6. The molecule has 4 aliphatic rings. The van der Waals surface area contributed by atoms with Gasteiger partial charge in [0.15, 0.2) is 11.6 Å². The van der Waals surface area contributed by atoms with Gasteiger partial charge in [0.2, 0.25) is 0 Å². The fourth-order valence-corrected chi connectivity index (χ4v) is 9.66. The molecule has 3 aliphatic heterocycles. The van der Waals surface area contributed by atoms with Crippen molar-refractivity contribution in [3.8, 4) is 29.0 Å². The van der Waals surface area contributed by atoms with Gasteiger partial charge in [-0.3, -0.25) is 9.69 Å². The number of aromatic nitrogens is 2. The third kappa shape index (κ3) is 5.55. The first-order valence-corrected chi connectivity index (χ1v) is 17.8. The van der Waals surface area contributed by atoms with Crippen LogP contribution in [0.4, 0.5) is 32.8 Å². The highest BCUT2D eigenvalue weighted by molar-refractivity contribution is 7.23. The SMILES string of the molecule is N#Cc1c(N)sc2c(F)ccc(-c3c(Cl)c4c5c(nc(OCC67CCCN6C[C@H](F)C7)nc5c3F)N(C3CCC(NC(=O)C(F)F)C3)CCO4)c12. The van der Waals surface area contributed by atoms with Crippen LogP contribution in [0.1, 0.15) is 44.1 Å². The van der Waals surface area contributed by atoms with Crippen LogP contribution in [-0.2, 0) is 4.79 Å². The molecule has 2 aromatic heterocycles. The minimum atomic E-state index is -3.15. The van der Waals surface area contributed by atoms with E-state index in [-0.39, 0.29) is 97.5 Å². The maximum Gasteiger partial charge on any atom is 0.319 e. The molecule has 0 bridgehead atoms. The van der Waals surface area contributed by atoms with Crippen LogP contribution < -0.4 is 25.4 Å². The van der Waals surface area contributed by atoms with E-state index in [1.54, 1.807) is 0 Å². The number of amides is 1. The minimum Gasteiger partial charge on any atom is -0.489 e. The van der Waals surface area contributed by atoms with Gasteiger partial charge in [-0.15, -0.1) is 11.3 Å². The molecule has 8 rings (SSSR count). The quantitative estimate of drug-likeness (QED) is 0.208. The first kappa shape index (κ1) is 33.9. The van der Waals surface area contributed by atoms with E-state index in [9.17, 15) is 23.2 Å². The Morgan fingerprint density at radius 3 is 2.86 bits per heavy atom. The number of hydrogen-bond acceptors (Lipinski definition) is 10. The highest BCUT2D eigenvalue weighted by Crippen LogP contribution is 2.51. The molecule has 1 saturated carbocycles. The fourth-order valence-electron chi connectivity index (χ4n) is 8.38. The normalized spacial score (nSPS) is 24.6. The number of rotatable bonds is 7. The number of fused-ring (bicyclic) bond motifs is 2. The second-order valence-corrected chi connectivity index (χ2v) is 14.9. The average molecular weight is 748 g/mol. The summed E-state index contributed by atoms with van der Waals surface area (Å²) in [5, 5.41) is 12.5. The van der Waals surface area contributed by atoms with Gasteiger partial charge in [-0.25, -0.2) is 13.2 Å². The van der Waals surface area contributed by atoms with Crippen LogP contribution >= 0.6 is 22.9 Å². The van der Waals surface area contributed by atoms with Gasteiger partial charge < -0.3 is 25.4 Å². The van der Waals surface area contributed by atoms with Gasteiger partial charge >= 0.3 is 12.4 Å². The van der Waals surface area contributed by atoms with Crippen LogP contribution in [-0.4, -0.2) is 83.8 Å². The number of nitrogens with one attached hydrogen (secondary N) is 1. The number of nitriles is 1. The molecule has 3 unspecified atom stereocenters. The van der Waals surface area contributed by atoms with Crippen LogP contribution in [0.2, 0.25) is 5.02 Å². The molecule has 1 aliphatic carbocycles. The maximum atomic E-state index is 17.2. The Labute approximate surface area is 297 Å². The zero-order valence-corrected chi connectivity index (χ0v) is 28.5. The third-order valence-corrected chi connectivity index (χ3v) is 12.0. The van der Waals surface area contributed by atoms with Crippen LogP contribution in [0.15, 0.2) is 12.1 Å². The van der Waals surface area contributed by atoms with E-state index in [2.05, 4.69) is 15.2 Å². The Hall–Kier alpha value is -4.20. The second kappa shape index (κ2) is 12.8. The number of ether oxygens (including phenoxy) is 2. The Bertz CT molecular complexity index is 2130. The van der Waals surface area contributed by atoms with Crippen molar-refractivity contribution < 1.29 is 36.2 Å². The van der Waals surface area contributed by atoms with Crippen molar-refractivity contribution in [2.45, 2.75) is 68.7 Å². The van der Waals surface area contributed by atoms with Gasteiger partial charge in [-0.1, -0.05) is 17.7 Å². The smallest absolute Gasteiger partial charge is 0.319 e. The Morgan fingerprint density at radius 1 is 1.25 bits per heavy atom. The average Bonchev–Trinajstić information content (AvgIpc) is 3.84. The lowest BCUT2D eigenvalue weighted by Gasteiger charge is -2.32. The molecule has 3 N–H and O–H groups in total. The lowest BCUT2D eigenvalue weighted by atomic mass is 9.95. The number of nitrogens with zero attached hydrogens (tertiary/aromatic N) is 5. The van der Waals surface area contributed by atoms with Crippen molar-refractivity contribution in [1.82, 2.24) is 20.2 Å². The van der Waals surface area contributed by atoms with Gasteiger partial charge in [-0.05, 0) is 50.3 Å². The van der Waals surface area contributed by atoms with E-state index in [0.717, 1.165) is 30.4 Å². The molecule has 268 valence electrons. The summed E-state index contributed by atoms with van der Waals surface area (Å²) >= 11 is 7.85. The fraction of sp³-hybridized carbons (Fsp3) is 0.471. The van der Waals surface area contributed by atoms with Gasteiger partial charge in [-0.2, -0.15) is 24.0 Å². The number of alkyl halides is 3. The summed E-state index contributed by atoms with van der Waals surface area (Å²) < 4.78 is 85.3. The molecule has 4 aromatic rings. The van der Waals surface area contributed by atoms with Crippen LogP contribution in [0, 0.1) is 23.0 Å². The molecule has 3 fully saturated rings. The number of carbonyl (C=O) groups excluding carboxylic acids is 1. The number of nitrogen functional groups attached to an aromatic ring is 1. The number of anilines is 2. The van der Waals surface area contributed by atoms with Crippen molar-refractivity contribution in [3.05, 3.63) is 34.4 Å². The number of thiophene rings is 1. The summed E-state index contributed by atoms with van der Waals surface area (Å²) in [6, 6.07) is 3.45. The Balaban J connectivity index is 1.28. The molecule has 0 radical (unpaired) electrons. The highest BCUT2D eigenvalue weighted by Gasteiger charge is 2.49. The van der Waals surface area contributed by atoms with Gasteiger partial charge in [0.1, 0.15) is 47.6 Å². The predicted molar refractivity (Wildman–Crippen MR) is 181 cm³/mol. The molecular formula is C34H31ClF5N7O3S. The van der Waals surface area contributed by atoms with Gasteiger partial charge in [0.05, 0.1) is 32.8 Å². The van der Waals surface area contributed by atoms with Crippen LogP contribution in [0.5, 0.6) is 11.8 Å². The van der Waals surface area contributed by atoms with Crippen molar-refractivity contribution >= 4 is 60.7 Å². The zero-order valence-electron chi connectivity index (χ0n) is 27.0. The minimum absolute atomic E-state index is 0.0248. The predicted octanol–water partition coefficient (Wildman–Crippen LogP) is 6.35. The molecule has 2 saturated heterocycles. The number of benzene rings is 2. The lowest BCUT2D eigenvalue weighted by molar-refractivity contribution is -0.132. The van der Waals surface area contributed by atoms with E-state index < -0.39 is 41.7 Å². The molecule has 17 heteroatoms. The monoisotopic (exact) mass is 747 g/mol. The molecule has 10 nitrogen and oxygen atoms in total. The summed E-state index contributed by atoms with van der Waals surface area (Å²) in [6.45, 7) is 1.38. The van der Waals surface area contributed by atoms with E-state index >= 15 is 8.78 Å². The summed E-state index contributed by atoms with van der Waals surface area (Å²) in [7, 11) is 0. The highest BCUT2D eigenvalue weighted by atomic mass is 35.5. The van der Waals surface area contributed by atoms with E-state index in [0.29, 0.717) is 32.2 Å². The molecule has 1 amide bonds. The Kier molecular flexibility index (Phi) is 8.50. The zero-order chi connectivity index (χ0) is 35.8. The summed E-state index contributed by atoms with van der Waals surface area (Å²) in [5.41, 5.74) is 5.20. The van der Waals surface area contributed by atoms with Crippen molar-refractivity contribution in [1.29, 1.82) is 5.26 Å². The number of carbonyl (C=O) groups is 1.